The van der Waals surface area contributed by atoms with E-state index in [1.54, 1.807) is 6.07 Å². The number of esters is 1. The molecule has 1 aromatic carbocycles. The van der Waals surface area contributed by atoms with Gasteiger partial charge in [-0.25, -0.2) is 4.79 Å². The number of methoxy groups -OCH3 is 1. The normalized spacial score (nSPS) is 16.6. The molecular weight excluding hydrogens is 387 g/mol. The van der Waals surface area contributed by atoms with Crippen molar-refractivity contribution in [2.75, 3.05) is 44.7 Å². The first-order valence-corrected chi connectivity index (χ1v) is 9.62. The number of benzene rings is 1. The molecule has 1 aromatic rings. The van der Waals surface area contributed by atoms with Gasteiger partial charge in [-0.3, -0.25) is 9.69 Å². The van der Waals surface area contributed by atoms with Gasteiger partial charge in [0.2, 0.25) is 5.91 Å². The largest absolute Gasteiger partial charge is 0.467 e. The maximum Gasteiger partial charge on any atom is 0.416 e. The monoisotopic (exact) mass is 415 g/mol. The van der Waals surface area contributed by atoms with E-state index in [1.807, 2.05) is 23.6 Å². The first-order chi connectivity index (χ1) is 13.6. The van der Waals surface area contributed by atoms with Crippen LogP contribution in [0.1, 0.15) is 25.8 Å². The molecule has 1 atom stereocenters. The van der Waals surface area contributed by atoms with Crippen molar-refractivity contribution in [3.63, 3.8) is 0 Å². The van der Waals surface area contributed by atoms with Crippen molar-refractivity contribution in [3.8, 4) is 0 Å². The Hall–Kier alpha value is -2.29. The Morgan fingerprint density at radius 1 is 1.17 bits per heavy atom. The highest BCUT2D eigenvalue weighted by atomic mass is 19.4. The summed E-state index contributed by atoms with van der Waals surface area (Å²) in [5.74, 6) is -0.523. The zero-order valence-corrected chi connectivity index (χ0v) is 17.0. The van der Waals surface area contributed by atoms with Crippen LogP contribution in [0.3, 0.4) is 0 Å². The van der Waals surface area contributed by atoms with E-state index < -0.39 is 23.8 Å². The van der Waals surface area contributed by atoms with Gasteiger partial charge in [-0.05, 0) is 30.5 Å². The summed E-state index contributed by atoms with van der Waals surface area (Å²) in [5, 5.41) is 2.72. The number of nitrogens with one attached hydrogen (secondary N) is 1. The van der Waals surface area contributed by atoms with Crippen LogP contribution < -0.4 is 10.2 Å². The highest BCUT2D eigenvalue weighted by molar-refractivity contribution is 5.85. The highest BCUT2D eigenvalue weighted by Gasteiger charge is 2.31. The molecule has 29 heavy (non-hydrogen) atoms. The molecule has 1 amide bonds. The van der Waals surface area contributed by atoms with E-state index in [4.69, 9.17) is 4.74 Å². The average Bonchev–Trinajstić information content (AvgIpc) is 2.66. The van der Waals surface area contributed by atoms with E-state index in [1.165, 1.54) is 13.2 Å². The summed E-state index contributed by atoms with van der Waals surface area (Å²) in [4.78, 5) is 28.0. The number of carbonyl (C=O) groups is 2. The highest BCUT2D eigenvalue weighted by Crippen LogP contribution is 2.31. The number of hydrogen-bond acceptors (Lipinski definition) is 5. The minimum absolute atomic E-state index is 0.127. The van der Waals surface area contributed by atoms with Crippen LogP contribution in [0.2, 0.25) is 0 Å². The summed E-state index contributed by atoms with van der Waals surface area (Å²) in [7, 11) is 1.29. The molecule has 1 saturated heterocycles. The smallest absolute Gasteiger partial charge is 0.416 e. The van der Waals surface area contributed by atoms with Crippen molar-refractivity contribution < 1.29 is 27.5 Å². The Bertz CT molecular complexity index is 702. The maximum atomic E-state index is 12.9. The second-order valence-corrected chi connectivity index (χ2v) is 7.58. The fourth-order valence-corrected chi connectivity index (χ4v) is 3.31. The zero-order chi connectivity index (χ0) is 21.6. The summed E-state index contributed by atoms with van der Waals surface area (Å²) in [6, 6.07) is 4.58. The van der Waals surface area contributed by atoms with E-state index in [9.17, 15) is 22.8 Å². The lowest BCUT2D eigenvalue weighted by atomic mass is 10.0. The fraction of sp³-hybridized carbons (Fsp3) is 0.600. The number of halogens is 3. The van der Waals surface area contributed by atoms with E-state index in [2.05, 4.69) is 5.32 Å². The number of ether oxygens (including phenoxy) is 1. The summed E-state index contributed by atoms with van der Waals surface area (Å²) in [5.41, 5.74) is -0.151. The number of piperazine rings is 1. The molecule has 9 heteroatoms. The van der Waals surface area contributed by atoms with Crippen LogP contribution in [0, 0.1) is 5.92 Å². The molecule has 0 radical (unpaired) electrons. The number of alkyl halides is 3. The second kappa shape index (κ2) is 9.96. The number of amides is 1. The third-order valence-electron chi connectivity index (χ3n) is 4.81. The Kier molecular flexibility index (Phi) is 7.89. The Morgan fingerprint density at radius 3 is 2.38 bits per heavy atom. The molecule has 0 bridgehead atoms. The first kappa shape index (κ1) is 23.0. The molecule has 0 aliphatic carbocycles. The number of nitrogens with zero attached hydrogens (tertiary/aromatic N) is 2. The van der Waals surface area contributed by atoms with Gasteiger partial charge in [0.25, 0.3) is 0 Å². The van der Waals surface area contributed by atoms with Gasteiger partial charge in [-0.2, -0.15) is 13.2 Å². The van der Waals surface area contributed by atoms with Crippen LogP contribution in [0.4, 0.5) is 18.9 Å². The summed E-state index contributed by atoms with van der Waals surface area (Å²) in [6.45, 7) is 6.14. The number of anilines is 1. The molecule has 1 heterocycles. The van der Waals surface area contributed by atoms with Gasteiger partial charge in [0.15, 0.2) is 0 Å². The SMILES string of the molecule is COC(=O)C(CC(C)C)NC(=O)CN1CCN(c2cccc(C(F)(F)F)c2)CC1. The maximum absolute atomic E-state index is 12.9. The molecule has 1 fully saturated rings. The number of hydrogen-bond donors (Lipinski definition) is 1. The van der Waals surface area contributed by atoms with Gasteiger partial charge < -0.3 is 15.0 Å². The van der Waals surface area contributed by atoms with Gasteiger partial charge >= 0.3 is 12.1 Å². The standard InChI is InChI=1S/C20H28F3N3O3/c1-14(2)11-17(19(28)29-3)24-18(27)13-25-7-9-26(10-8-25)16-6-4-5-15(12-16)20(21,22)23/h4-6,12,14,17H,7-11,13H2,1-3H3,(H,24,27). The molecule has 0 aromatic heterocycles. The van der Waals surface area contributed by atoms with Crippen LogP contribution in [0.25, 0.3) is 0 Å². The third-order valence-corrected chi connectivity index (χ3v) is 4.81. The van der Waals surface area contributed by atoms with Gasteiger partial charge in [-0.1, -0.05) is 19.9 Å². The molecule has 1 aliphatic rings. The van der Waals surface area contributed by atoms with Crippen LogP contribution in [-0.4, -0.2) is 62.7 Å². The molecule has 0 saturated carbocycles. The average molecular weight is 415 g/mol. The van der Waals surface area contributed by atoms with E-state index in [0.717, 1.165) is 12.1 Å². The molecule has 6 nitrogen and oxygen atoms in total. The second-order valence-electron chi connectivity index (χ2n) is 7.58. The number of carbonyl (C=O) groups excluding carboxylic acids is 2. The summed E-state index contributed by atoms with van der Waals surface area (Å²) >= 11 is 0. The topological polar surface area (TPSA) is 61.9 Å². The van der Waals surface area contributed by atoms with Crippen molar-refractivity contribution in [1.82, 2.24) is 10.2 Å². The third kappa shape index (κ3) is 6.92. The molecule has 162 valence electrons. The van der Waals surface area contributed by atoms with Gasteiger partial charge in [0.1, 0.15) is 6.04 Å². The van der Waals surface area contributed by atoms with Gasteiger partial charge in [0, 0.05) is 31.9 Å². The first-order valence-electron chi connectivity index (χ1n) is 9.62. The van der Waals surface area contributed by atoms with E-state index in [-0.39, 0.29) is 18.4 Å². The van der Waals surface area contributed by atoms with Crippen LogP contribution in [0.5, 0.6) is 0 Å². The lowest BCUT2D eigenvalue weighted by Crippen LogP contribution is -2.51. The molecule has 1 N–H and O–H groups in total. The van der Waals surface area contributed by atoms with Gasteiger partial charge in [0.05, 0.1) is 19.2 Å². The van der Waals surface area contributed by atoms with Crippen molar-refractivity contribution in [2.24, 2.45) is 5.92 Å². The Labute approximate surface area is 169 Å². The van der Waals surface area contributed by atoms with E-state index in [0.29, 0.717) is 38.3 Å². The van der Waals surface area contributed by atoms with Crippen molar-refractivity contribution >= 4 is 17.6 Å². The predicted octanol–water partition coefficient (Wildman–Crippen LogP) is 2.53. The lowest BCUT2D eigenvalue weighted by Gasteiger charge is -2.36. The van der Waals surface area contributed by atoms with Crippen molar-refractivity contribution in [3.05, 3.63) is 29.8 Å². The molecular formula is C20H28F3N3O3. The quantitative estimate of drug-likeness (QED) is 0.694. The summed E-state index contributed by atoms with van der Waals surface area (Å²) < 4.78 is 43.5. The van der Waals surface area contributed by atoms with Crippen molar-refractivity contribution in [2.45, 2.75) is 32.5 Å². The summed E-state index contributed by atoms with van der Waals surface area (Å²) in [6.07, 6.45) is -3.89. The zero-order valence-electron chi connectivity index (χ0n) is 17.0. The van der Waals surface area contributed by atoms with E-state index >= 15 is 0 Å². The van der Waals surface area contributed by atoms with Crippen LogP contribution in [0.15, 0.2) is 24.3 Å². The Balaban J connectivity index is 1.88. The minimum Gasteiger partial charge on any atom is -0.467 e. The van der Waals surface area contributed by atoms with Crippen molar-refractivity contribution in [1.29, 1.82) is 0 Å². The molecule has 2 rings (SSSR count). The predicted molar refractivity (Wildman–Crippen MR) is 103 cm³/mol. The Morgan fingerprint density at radius 2 is 1.83 bits per heavy atom. The fourth-order valence-electron chi connectivity index (χ4n) is 3.31. The van der Waals surface area contributed by atoms with Crippen LogP contribution >= 0.6 is 0 Å². The molecule has 1 aliphatic heterocycles. The number of rotatable bonds is 7. The molecule has 1 unspecified atom stereocenters. The molecule has 0 spiro atoms. The lowest BCUT2D eigenvalue weighted by molar-refractivity contribution is -0.145. The van der Waals surface area contributed by atoms with Crippen LogP contribution in [-0.2, 0) is 20.5 Å². The minimum atomic E-state index is -4.37. The van der Waals surface area contributed by atoms with Gasteiger partial charge in [-0.15, -0.1) is 0 Å².